The van der Waals surface area contributed by atoms with Gasteiger partial charge in [-0.15, -0.1) is 0 Å². The van der Waals surface area contributed by atoms with Crippen molar-refractivity contribution in [2.75, 3.05) is 99.2 Å². The summed E-state index contributed by atoms with van der Waals surface area (Å²) < 4.78 is 34.6. The number of carbonyl (C=O) groups is 8. The fourth-order valence-corrected chi connectivity index (χ4v) is 12.3. The number of nitrogens with one attached hydrogen (secondary N) is 1. The van der Waals surface area contributed by atoms with Gasteiger partial charge < -0.3 is 58.4 Å². The number of methoxy groups -OCH3 is 2. The highest BCUT2D eigenvalue weighted by Crippen LogP contribution is 2.33. The summed E-state index contributed by atoms with van der Waals surface area (Å²) in [7, 11) is 6.34. The van der Waals surface area contributed by atoms with Gasteiger partial charge in [-0.3, -0.25) is 38.4 Å². The van der Waals surface area contributed by atoms with E-state index in [1.807, 2.05) is 120 Å². The first kappa shape index (κ1) is 74.9. The Balaban J connectivity index is 0.989. The van der Waals surface area contributed by atoms with Crippen LogP contribution >= 0.6 is 0 Å². The maximum absolute atomic E-state index is 14.8. The predicted octanol–water partition coefficient (Wildman–Crippen LogP) is 7.82. The number of ether oxygens (including phenoxy) is 6. The molecule has 2 aliphatic rings. The van der Waals surface area contributed by atoms with Gasteiger partial charge in [-0.2, -0.15) is 0 Å². The normalized spacial score (nSPS) is 16.3. The molecule has 2 heterocycles. The number of amides is 5. The third kappa shape index (κ3) is 22.7. The number of ketones is 2. The van der Waals surface area contributed by atoms with Crippen molar-refractivity contribution in [2.24, 2.45) is 35.5 Å². The Labute approximate surface area is 539 Å². The van der Waals surface area contributed by atoms with E-state index in [4.69, 9.17) is 28.4 Å². The largest absolute Gasteiger partial charge is 0.481 e. The molecule has 5 rings (SSSR count). The fraction of sp³-hybridized carbons (Fsp3) is 0.606. The van der Waals surface area contributed by atoms with Crippen molar-refractivity contribution in [1.29, 1.82) is 0 Å². The van der Waals surface area contributed by atoms with Crippen LogP contribution in [0.1, 0.15) is 129 Å². The van der Waals surface area contributed by atoms with Crippen LogP contribution in [0.25, 0.3) is 0 Å². The number of carboxylic acids is 1. The van der Waals surface area contributed by atoms with Crippen molar-refractivity contribution < 1.29 is 71.9 Å². The van der Waals surface area contributed by atoms with Gasteiger partial charge >= 0.3 is 5.97 Å². The number of fused-ring (bicyclic) bond motifs is 2. The standard InChI is InChI=1S/C71H101N5O15/c1-12-50(6)68(62(86-10)46-66(82)75-34-20-27-59(75)69(87-11)51(7)60(77)44-56(71(84)85)43-52-21-14-13-15-22-52)74(9)70(83)57(48(2)3)45-61(78)67(49(4)5)73(8)64(80)32-35-88-37-39-90-41-42-91-40-38-89-36-33-72-63(79)30-31-65(81)76-47-55-25-17-16-23-53(55)28-29-54-24-18-19-26-58(54)76/h13-19,21-26,48-51,56-57,59,62,67-69H,12,20,27,30-47H2,1-11H3,(H,72,79)(H,84,85)/t50-,51-,56?,57-,59-,62+,67-,68-,69+/m0/s1. The molecule has 0 aliphatic carbocycles. The number of likely N-dealkylation sites (tertiary alicyclic amines) is 1. The topological polar surface area (TPSA) is 237 Å². The minimum absolute atomic E-state index is 0.0344. The van der Waals surface area contributed by atoms with Crippen LogP contribution in [0.4, 0.5) is 5.69 Å². The molecule has 2 aliphatic heterocycles. The molecule has 0 saturated carbocycles. The average Bonchev–Trinajstić information content (AvgIpc) is 1.76. The van der Waals surface area contributed by atoms with Gasteiger partial charge in [0.05, 0.1) is 114 Å². The molecule has 91 heavy (non-hydrogen) atoms. The van der Waals surface area contributed by atoms with Gasteiger partial charge in [0.25, 0.3) is 0 Å². The lowest BCUT2D eigenvalue weighted by atomic mass is 9.83. The first-order chi connectivity index (χ1) is 43.6. The molecule has 0 radical (unpaired) electrons. The lowest BCUT2D eigenvalue weighted by Gasteiger charge is -2.41. The van der Waals surface area contributed by atoms with Crippen LogP contribution in [0.2, 0.25) is 0 Å². The zero-order valence-corrected chi connectivity index (χ0v) is 55.7. The highest BCUT2D eigenvalue weighted by Gasteiger charge is 2.44. The zero-order valence-electron chi connectivity index (χ0n) is 55.7. The second-order valence-corrected chi connectivity index (χ2v) is 24.7. The minimum atomic E-state index is -1.05. The molecule has 20 heteroatoms. The van der Waals surface area contributed by atoms with E-state index in [0.717, 1.165) is 27.9 Å². The molecule has 500 valence electrons. The molecule has 0 bridgehead atoms. The number of anilines is 1. The highest BCUT2D eigenvalue weighted by molar-refractivity contribution is 5.97. The molecule has 9 atom stereocenters. The summed E-state index contributed by atoms with van der Waals surface area (Å²) in [4.78, 5) is 116. The molecule has 20 nitrogen and oxygen atoms in total. The molecule has 0 aromatic heterocycles. The number of benzene rings is 3. The van der Waals surface area contributed by atoms with Crippen molar-refractivity contribution in [1.82, 2.24) is 20.0 Å². The van der Waals surface area contributed by atoms with Crippen molar-refractivity contribution in [3.63, 3.8) is 0 Å². The fourth-order valence-electron chi connectivity index (χ4n) is 12.3. The van der Waals surface area contributed by atoms with Crippen LogP contribution in [0.5, 0.6) is 0 Å². The van der Waals surface area contributed by atoms with Gasteiger partial charge in [0, 0.05) is 90.1 Å². The number of nitrogens with zero attached hydrogens (tertiary/aromatic N) is 4. The van der Waals surface area contributed by atoms with E-state index in [2.05, 4.69) is 17.2 Å². The van der Waals surface area contributed by atoms with Crippen LogP contribution in [0.15, 0.2) is 78.9 Å². The molecule has 3 aromatic rings. The van der Waals surface area contributed by atoms with Crippen molar-refractivity contribution in [3.8, 4) is 11.8 Å². The van der Waals surface area contributed by atoms with Gasteiger partial charge in [0.2, 0.25) is 29.5 Å². The number of carbonyl (C=O) groups excluding carboxylic acids is 7. The van der Waals surface area contributed by atoms with Gasteiger partial charge in [0.15, 0.2) is 5.78 Å². The number of aliphatic carboxylic acids is 1. The molecule has 1 unspecified atom stereocenters. The van der Waals surface area contributed by atoms with Crippen LogP contribution in [-0.2, 0) is 79.7 Å². The maximum atomic E-state index is 14.8. The van der Waals surface area contributed by atoms with Gasteiger partial charge in [-0.05, 0) is 66.3 Å². The number of likely N-dealkylation sites (N-methyl/N-ethyl adjacent to an activating group) is 2. The highest BCUT2D eigenvalue weighted by atomic mass is 16.6. The number of Topliss-reactive ketones (excluding diaryl/α,β-unsaturated/α-hetero) is 2. The molecule has 1 fully saturated rings. The Morgan fingerprint density at radius 2 is 1.26 bits per heavy atom. The van der Waals surface area contributed by atoms with Crippen LogP contribution in [0, 0.1) is 47.3 Å². The SMILES string of the molecule is CC[C@H](C)[C@@H]([C@@H](CC(=O)N1CCC[C@H]1[C@H](OC)[C@@H](C)C(=O)CC(Cc1ccccc1)C(=O)O)OC)N(C)C(=O)[C@@H](CC(=O)[C@H](C(C)C)N(C)C(=O)CCOCCOCCOCCOCCNC(=O)CCC(=O)N1Cc2ccccc2C#Cc2ccccc21)C(C)C. The van der Waals surface area contributed by atoms with E-state index >= 15 is 0 Å². The zero-order chi connectivity index (χ0) is 66.6. The van der Waals surface area contributed by atoms with Crippen LogP contribution in [-0.4, -0.2) is 191 Å². The summed E-state index contributed by atoms with van der Waals surface area (Å²) in [6.45, 7) is 16.6. The summed E-state index contributed by atoms with van der Waals surface area (Å²) in [6.07, 6.45) is 0.543. The predicted molar refractivity (Wildman–Crippen MR) is 347 cm³/mol. The lowest BCUT2D eigenvalue weighted by molar-refractivity contribution is -0.150. The van der Waals surface area contributed by atoms with Crippen molar-refractivity contribution >= 4 is 52.8 Å². The first-order valence-electron chi connectivity index (χ1n) is 32.4. The number of rotatable bonds is 41. The molecule has 0 spiro atoms. The summed E-state index contributed by atoms with van der Waals surface area (Å²) in [5.74, 6) is 0.752. The third-order valence-electron chi connectivity index (χ3n) is 17.7. The number of carboxylic acid groups (broad SMARTS) is 1. The number of para-hydroxylation sites is 1. The Bertz CT molecular complexity index is 2890. The lowest BCUT2D eigenvalue weighted by Crippen LogP contribution is -2.54. The van der Waals surface area contributed by atoms with E-state index in [1.54, 1.807) is 35.7 Å². The second kappa shape index (κ2) is 38.9. The molecular weight excluding hydrogens is 1160 g/mol. The van der Waals surface area contributed by atoms with E-state index in [0.29, 0.717) is 65.3 Å². The molecule has 2 N–H and O–H groups in total. The Morgan fingerprint density at radius 1 is 0.659 bits per heavy atom. The van der Waals surface area contributed by atoms with E-state index < -0.39 is 54.1 Å². The number of hydrogen-bond acceptors (Lipinski definition) is 14. The van der Waals surface area contributed by atoms with E-state index in [-0.39, 0.29) is 130 Å². The van der Waals surface area contributed by atoms with Crippen LogP contribution in [0.3, 0.4) is 0 Å². The maximum Gasteiger partial charge on any atom is 0.307 e. The Morgan fingerprint density at radius 3 is 1.88 bits per heavy atom. The second-order valence-electron chi connectivity index (χ2n) is 24.7. The van der Waals surface area contributed by atoms with Crippen LogP contribution < -0.4 is 10.2 Å². The molecule has 5 amide bonds. The van der Waals surface area contributed by atoms with E-state index in [9.17, 15) is 43.5 Å². The quantitative estimate of drug-likeness (QED) is 0.0407. The van der Waals surface area contributed by atoms with Gasteiger partial charge in [0.1, 0.15) is 5.78 Å². The monoisotopic (exact) mass is 1260 g/mol. The summed E-state index contributed by atoms with van der Waals surface area (Å²) >= 11 is 0. The Kier molecular flexibility index (Phi) is 32.0. The third-order valence-corrected chi connectivity index (χ3v) is 17.7. The summed E-state index contributed by atoms with van der Waals surface area (Å²) in [5.41, 5.74) is 4.12. The molecular formula is C71H101N5O15. The molecule has 1 saturated heterocycles. The molecule has 3 aromatic carbocycles. The summed E-state index contributed by atoms with van der Waals surface area (Å²) in [5, 5.41) is 12.9. The van der Waals surface area contributed by atoms with Crippen molar-refractivity contribution in [2.45, 2.75) is 150 Å². The van der Waals surface area contributed by atoms with E-state index in [1.165, 1.54) is 19.1 Å². The minimum Gasteiger partial charge on any atom is -0.481 e. The summed E-state index contributed by atoms with van der Waals surface area (Å²) in [6, 6.07) is 22.7. The van der Waals surface area contributed by atoms with Crippen molar-refractivity contribution in [3.05, 3.63) is 101 Å². The Hall–Kier alpha value is -6.86. The van der Waals surface area contributed by atoms with Gasteiger partial charge in [-0.25, -0.2) is 0 Å². The number of hydrogen-bond donors (Lipinski definition) is 2. The first-order valence-corrected chi connectivity index (χ1v) is 32.4. The average molecular weight is 1260 g/mol. The smallest absolute Gasteiger partial charge is 0.307 e. The van der Waals surface area contributed by atoms with Gasteiger partial charge in [-0.1, -0.05) is 127 Å².